The molecule has 7 nitrogen and oxygen atoms in total. The molecule has 2 aromatic rings. The zero-order chi connectivity index (χ0) is 17.9. The summed E-state index contributed by atoms with van der Waals surface area (Å²) in [6.07, 6.45) is 1.46. The van der Waals surface area contributed by atoms with Crippen molar-refractivity contribution in [2.45, 2.75) is 18.7 Å². The number of nitrogens with one attached hydrogen (secondary N) is 2. The molecule has 0 atom stereocenters. The number of nitrogens with zero attached hydrogens (tertiary/aromatic N) is 1. The van der Waals surface area contributed by atoms with E-state index in [1.54, 1.807) is 32.0 Å². The maximum atomic E-state index is 12.4. The Balaban J connectivity index is 2.35. The van der Waals surface area contributed by atoms with Crippen LogP contribution in [0.3, 0.4) is 0 Å². The lowest BCUT2D eigenvalue weighted by Crippen LogP contribution is -2.21. The molecule has 2 N–H and O–H groups in total. The molecule has 0 aliphatic rings. The monoisotopic (exact) mass is 349 g/mol. The van der Waals surface area contributed by atoms with Gasteiger partial charge in [0.05, 0.1) is 23.9 Å². The lowest BCUT2D eigenvalue weighted by atomic mass is 10.1. The Bertz CT molecular complexity index is 862. The highest BCUT2D eigenvalue weighted by molar-refractivity contribution is 7.89. The number of aryl methyl sites for hydroxylation is 1. The molecule has 1 heterocycles. The van der Waals surface area contributed by atoms with Gasteiger partial charge < -0.3 is 10.1 Å². The minimum atomic E-state index is -3.65. The highest BCUT2D eigenvalue weighted by Crippen LogP contribution is 2.22. The number of carbonyl (C=O) groups is 1. The van der Waals surface area contributed by atoms with Crippen LogP contribution in [-0.2, 0) is 10.0 Å². The summed E-state index contributed by atoms with van der Waals surface area (Å²) in [7, 11) is -0.816. The maximum absolute atomic E-state index is 12.4. The van der Waals surface area contributed by atoms with E-state index in [4.69, 9.17) is 4.74 Å². The number of hydrogen-bond donors (Lipinski definition) is 2. The predicted molar refractivity (Wildman–Crippen MR) is 90.9 cm³/mol. The molecule has 0 bridgehead atoms. The van der Waals surface area contributed by atoms with Crippen molar-refractivity contribution in [1.29, 1.82) is 0 Å². The van der Waals surface area contributed by atoms with Crippen molar-refractivity contribution >= 4 is 21.6 Å². The van der Waals surface area contributed by atoms with E-state index in [1.807, 2.05) is 0 Å². The zero-order valence-corrected chi connectivity index (χ0v) is 14.7. The fraction of sp³-hybridized carbons (Fsp3) is 0.250. The molecule has 0 spiro atoms. The van der Waals surface area contributed by atoms with Crippen molar-refractivity contribution in [3.8, 4) is 5.88 Å². The molecule has 1 aromatic carbocycles. The van der Waals surface area contributed by atoms with Crippen molar-refractivity contribution in [2.75, 3.05) is 19.5 Å². The van der Waals surface area contributed by atoms with Crippen LogP contribution in [0.4, 0.5) is 5.69 Å². The molecule has 8 heteroatoms. The smallest absolute Gasteiger partial charge is 0.255 e. The Morgan fingerprint density at radius 2 is 1.92 bits per heavy atom. The van der Waals surface area contributed by atoms with Gasteiger partial charge >= 0.3 is 0 Å². The quantitative estimate of drug-likeness (QED) is 0.859. The fourth-order valence-electron chi connectivity index (χ4n) is 2.13. The summed E-state index contributed by atoms with van der Waals surface area (Å²) < 4.78 is 31.4. The van der Waals surface area contributed by atoms with E-state index in [-0.39, 0.29) is 10.5 Å². The van der Waals surface area contributed by atoms with Crippen LogP contribution in [0.5, 0.6) is 5.88 Å². The Labute approximate surface area is 141 Å². The highest BCUT2D eigenvalue weighted by atomic mass is 32.2. The second-order valence-electron chi connectivity index (χ2n) is 5.17. The van der Waals surface area contributed by atoms with E-state index in [1.165, 1.54) is 26.4 Å². The minimum Gasteiger partial charge on any atom is -0.481 e. The zero-order valence-electron chi connectivity index (χ0n) is 13.9. The molecule has 0 fully saturated rings. The molecule has 0 saturated carbocycles. The molecule has 128 valence electrons. The van der Waals surface area contributed by atoms with Gasteiger partial charge in [-0.1, -0.05) is 0 Å². The number of amides is 1. The number of pyridine rings is 1. The number of methoxy groups -OCH3 is 1. The normalized spacial score (nSPS) is 11.2. The second-order valence-corrected chi connectivity index (χ2v) is 7.02. The van der Waals surface area contributed by atoms with Gasteiger partial charge in [-0.25, -0.2) is 18.1 Å². The number of anilines is 1. The van der Waals surface area contributed by atoms with E-state index in [2.05, 4.69) is 15.0 Å². The van der Waals surface area contributed by atoms with Gasteiger partial charge in [0.25, 0.3) is 5.91 Å². The Morgan fingerprint density at radius 3 is 2.46 bits per heavy atom. The first-order valence-electron chi connectivity index (χ1n) is 7.14. The summed E-state index contributed by atoms with van der Waals surface area (Å²) in [5.74, 6) is 0.0131. The van der Waals surface area contributed by atoms with Crippen molar-refractivity contribution in [1.82, 2.24) is 9.71 Å². The molecule has 0 aliphatic carbocycles. The predicted octanol–water partition coefficient (Wildman–Crippen LogP) is 1.87. The first kappa shape index (κ1) is 17.9. The van der Waals surface area contributed by atoms with Gasteiger partial charge in [0.1, 0.15) is 0 Å². The number of ether oxygens (including phenoxy) is 1. The van der Waals surface area contributed by atoms with Crippen LogP contribution in [0.1, 0.15) is 21.5 Å². The number of hydrogen-bond acceptors (Lipinski definition) is 5. The van der Waals surface area contributed by atoms with Crippen molar-refractivity contribution in [2.24, 2.45) is 0 Å². The fourth-order valence-corrected chi connectivity index (χ4v) is 3.19. The van der Waals surface area contributed by atoms with E-state index in [9.17, 15) is 13.2 Å². The Morgan fingerprint density at radius 1 is 1.21 bits per heavy atom. The molecule has 1 amide bonds. The molecule has 0 radical (unpaired) electrons. The Kier molecular flexibility index (Phi) is 5.20. The third-order valence-electron chi connectivity index (χ3n) is 3.64. The van der Waals surface area contributed by atoms with E-state index in [0.29, 0.717) is 22.7 Å². The minimum absolute atomic E-state index is 0.0861. The van der Waals surface area contributed by atoms with Crippen LogP contribution >= 0.6 is 0 Å². The topological polar surface area (TPSA) is 97.4 Å². The van der Waals surface area contributed by atoms with Crippen LogP contribution in [0.15, 0.2) is 35.4 Å². The van der Waals surface area contributed by atoms with Gasteiger partial charge in [0, 0.05) is 11.6 Å². The van der Waals surface area contributed by atoms with Crippen LogP contribution in [0.2, 0.25) is 0 Å². The molecule has 2 rings (SSSR count). The molecule has 24 heavy (non-hydrogen) atoms. The lowest BCUT2D eigenvalue weighted by molar-refractivity contribution is 0.102. The molecule has 0 saturated heterocycles. The van der Waals surface area contributed by atoms with Crippen molar-refractivity contribution in [3.05, 3.63) is 47.2 Å². The lowest BCUT2D eigenvalue weighted by Gasteiger charge is -2.12. The largest absolute Gasteiger partial charge is 0.481 e. The standard InChI is InChI=1S/C16H19N3O4S/c1-10-7-12(8-14(11(10)2)24(21,22)17-3)16(20)19-13-5-6-15(23-4)18-9-13/h5-9,17H,1-4H3,(H,19,20). The summed E-state index contributed by atoms with van der Waals surface area (Å²) in [6.45, 7) is 3.46. The molecular weight excluding hydrogens is 330 g/mol. The average molecular weight is 349 g/mol. The van der Waals surface area contributed by atoms with Gasteiger partial charge in [-0.15, -0.1) is 0 Å². The number of carbonyl (C=O) groups excluding carboxylic acids is 1. The summed E-state index contributed by atoms with van der Waals surface area (Å²) in [5.41, 5.74) is 2.05. The molecule has 0 unspecified atom stereocenters. The maximum Gasteiger partial charge on any atom is 0.255 e. The second kappa shape index (κ2) is 6.98. The van der Waals surface area contributed by atoms with Crippen LogP contribution in [0, 0.1) is 13.8 Å². The Hall–Kier alpha value is -2.45. The van der Waals surface area contributed by atoms with Crippen LogP contribution in [0.25, 0.3) is 0 Å². The van der Waals surface area contributed by atoms with Crippen LogP contribution < -0.4 is 14.8 Å². The number of sulfonamides is 1. The summed E-state index contributed by atoms with van der Waals surface area (Å²) >= 11 is 0. The first-order valence-corrected chi connectivity index (χ1v) is 8.63. The van der Waals surface area contributed by atoms with Crippen LogP contribution in [-0.4, -0.2) is 33.5 Å². The summed E-state index contributed by atoms with van der Waals surface area (Å²) in [6, 6.07) is 6.28. The van der Waals surface area contributed by atoms with E-state index in [0.717, 1.165) is 0 Å². The number of rotatable bonds is 5. The van der Waals surface area contributed by atoms with Gasteiger partial charge in [-0.2, -0.15) is 0 Å². The summed E-state index contributed by atoms with van der Waals surface area (Å²) in [4.78, 5) is 16.5. The number of aromatic nitrogens is 1. The van der Waals surface area contributed by atoms with Gasteiger partial charge in [-0.05, 0) is 50.2 Å². The van der Waals surface area contributed by atoms with Gasteiger partial charge in [0.15, 0.2) is 0 Å². The SMILES string of the molecule is CNS(=O)(=O)c1cc(C(=O)Nc2ccc(OC)nc2)cc(C)c1C. The molecular formula is C16H19N3O4S. The third kappa shape index (κ3) is 3.72. The van der Waals surface area contributed by atoms with Crippen molar-refractivity contribution in [3.63, 3.8) is 0 Å². The van der Waals surface area contributed by atoms with Gasteiger partial charge in [0.2, 0.25) is 15.9 Å². The average Bonchev–Trinajstić information content (AvgIpc) is 2.57. The number of benzene rings is 1. The van der Waals surface area contributed by atoms with Gasteiger partial charge in [-0.3, -0.25) is 4.79 Å². The highest BCUT2D eigenvalue weighted by Gasteiger charge is 2.19. The molecule has 0 aliphatic heterocycles. The third-order valence-corrected chi connectivity index (χ3v) is 5.18. The molecule has 1 aromatic heterocycles. The first-order chi connectivity index (χ1) is 11.3. The van der Waals surface area contributed by atoms with E-state index < -0.39 is 15.9 Å². The van der Waals surface area contributed by atoms with Crippen molar-refractivity contribution < 1.29 is 17.9 Å². The summed E-state index contributed by atoms with van der Waals surface area (Å²) in [5, 5.41) is 2.68. The van der Waals surface area contributed by atoms with E-state index >= 15 is 0 Å².